The minimum Gasteiger partial charge on any atom is -0.452 e. The van der Waals surface area contributed by atoms with Gasteiger partial charge in [0.2, 0.25) is 0 Å². The number of carbonyl (C=O) groups is 2. The number of esters is 1. The van der Waals surface area contributed by atoms with Gasteiger partial charge in [0, 0.05) is 23.7 Å². The van der Waals surface area contributed by atoms with Gasteiger partial charge in [-0.1, -0.05) is 24.4 Å². The summed E-state index contributed by atoms with van der Waals surface area (Å²) in [5, 5.41) is 11.2. The molecule has 1 saturated heterocycles. The van der Waals surface area contributed by atoms with E-state index in [0.29, 0.717) is 12.5 Å². The molecule has 26 heavy (non-hydrogen) atoms. The van der Waals surface area contributed by atoms with E-state index < -0.39 is 23.2 Å². The SMILES string of the molecule is O=C(OCC(=O)N1CCC[C@H]2CCCC[C@@H]21)c1cc(Cl)ccc1[N+](=O)[O-]. The Morgan fingerprint density at radius 3 is 2.73 bits per heavy atom. The zero-order valence-corrected chi connectivity index (χ0v) is 15.1. The van der Waals surface area contributed by atoms with Gasteiger partial charge < -0.3 is 9.64 Å². The van der Waals surface area contributed by atoms with E-state index in [9.17, 15) is 19.7 Å². The maximum atomic E-state index is 12.6. The highest BCUT2D eigenvalue weighted by Gasteiger charge is 2.36. The summed E-state index contributed by atoms with van der Waals surface area (Å²) in [6.45, 7) is 0.264. The normalized spacial score (nSPS) is 22.4. The highest BCUT2D eigenvalue weighted by atomic mass is 35.5. The second kappa shape index (κ2) is 8.03. The van der Waals surface area contributed by atoms with Crippen LogP contribution in [0.1, 0.15) is 48.9 Å². The molecule has 0 N–H and O–H groups in total. The van der Waals surface area contributed by atoms with Gasteiger partial charge in [-0.2, -0.15) is 0 Å². The molecule has 1 aromatic carbocycles. The Bertz CT molecular complexity index is 722. The van der Waals surface area contributed by atoms with Crippen LogP contribution in [-0.4, -0.2) is 40.9 Å². The van der Waals surface area contributed by atoms with Crippen molar-refractivity contribution < 1.29 is 19.2 Å². The molecule has 2 fully saturated rings. The number of carbonyl (C=O) groups excluding carboxylic acids is 2. The molecule has 0 unspecified atom stereocenters. The minimum atomic E-state index is -0.912. The maximum absolute atomic E-state index is 12.6. The summed E-state index contributed by atoms with van der Waals surface area (Å²) in [5.41, 5.74) is -0.637. The van der Waals surface area contributed by atoms with Crippen LogP contribution in [0, 0.1) is 16.0 Å². The molecule has 140 valence electrons. The van der Waals surface area contributed by atoms with Crippen LogP contribution in [0.3, 0.4) is 0 Å². The van der Waals surface area contributed by atoms with E-state index in [1.54, 1.807) is 0 Å². The summed E-state index contributed by atoms with van der Waals surface area (Å²) >= 11 is 5.82. The van der Waals surface area contributed by atoms with E-state index in [1.807, 2.05) is 4.90 Å². The third kappa shape index (κ3) is 3.98. The van der Waals surface area contributed by atoms with Gasteiger partial charge in [0.1, 0.15) is 5.56 Å². The number of nitro benzene ring substituents is 1. The molecule has 1 saturated carbocycles. The van der Waals surface area contributed by atoms with Crippen molar-refractivity contribution in [1.29, 1.82) is 0 Å². The average molecular weight is 381 g/mol. The number of piperidine rings is 1. The largest absolute Gasteiger partial charge is 0.452 e. The van der Waals surface area contributed by atoms with Crippen molar-refractivity contribution in [3.8, 4) is 0 Å². The molecule has 0 bridgehead atoms. The number of amides is 1. The number of halogens is 1. The predicted octanol–water partition coefficient (Wildman–Crippen LogP) is 3.59. The van der Waals surface area contributed by atoms with Crippen molar-refractivity contribution in [2.24, 2.45) is 5.92 Å². The minimum absolute atomic E-state index is 0.190. The number of likely N-dealkylation sites (tertiary alicyclic amines) is 1. The fourth-order valence-electron chi connectivity index (χ4n) is 4.05. The highest BCUT2D eigenvalue weighted by molar-refractivity contribution is 6.31. The summed E-state index contributed by atoms with van der Waals surface area (Å²) in [6, 6.07) is 3.89. The van der Waals surface area contributed by atoms with Crippen LogP contribution in [0.4, 0.5) is 5.69 Å². The summed E-state index contributed by atoms with van der Waals surface area (Å²) in [5.74, 6) is -0.615. The molecule has 3 rings (SSSR count). The number of rotatable bonds is 4. The Balaban J connectivity index is 1.65. The van der Waals surface area contributed by atoms with Crippen LogP contribution < -0.4 is 0 Å². The molecule has 2 aliphatic rings. The summed E-state index contributed by atoms with van der Waals surface area (Å²) < 4.78 is 5.08. The fraction of sp³-hybridized carbons (Fsp3) is 0.556. The molecule has 1 aromatic rings. The monoisotopic (exact) mass is 380 g/mol. The van der Waals surface area contributed by atoms with Crippen molar-refractivity contribution in [2.45, 2.75) is 44.6 Å². The van der Waals surface area contributed by atoms with E-state index in [0.717, 1.165) is 38.2 Å². The molecule has 8 heteroatoms. The Labute approximate surface area is 156 Å². The fourth-order valence-corrected chi connectivity index (χ4v) is 4.23. The lowest BCUT2D eigenvalue weighted by molar-refractivity contribution is -0.385. The zero-order valence-electron chi connectivity index (χ0n) is 14.4. The number of nitro groups is 1. The molecule has 1 heterocycles. The summed E-state index contributed by atoms with van der Waals surface area (Å²) in [6.07, 6.45) is 6.55. The molecule has 0 aromatic heterocycles. The van der Waals surface area contributed by atoms with Gasteiger partial charge >= 0.3 is 5.97 Å². The molecule has 7 nitrogen and oxygen atoms in total. The van der Waals surface area contributed by atoms with Gasteiger partial charge in [0.15, 0.2) is 6.61 Å². The van der Waals surface area contributed by atoms with Gasteiger partial charge in [-0.05, 0) is 43.7 Å². The topological polar surface area (TPSA) is 89.8 Å². The van der Waals surface area contributed by atoms with Gasteiger partial charge in [0.25, 0.3) is 11.6 Å². The lowest BCUT2D eigenvalue weighted by atomic mass is 9.78. The van der Waals surface area contributed by atoms with Crippen LogP contribution in [-0.2, 0) is 9.53 Å². The second-order valence-corrected chi connectivity index (χ2v) is 7.27. The van der Waals surface area contributed by atoms with E-state index >= 15 is 0 Å². The van der Waals surface area contributed by atoms with Gasteiger partial charge in [-0.15, -0.1) is 0 Å². The molecule has 0 radical (unpaired) electrons. The number of benzene rings is 1. The first-order valence-electron chi connectivity index (χ1n) is 8.88. The van der Waals surface area contributed by atoms with Gasteiger partial charge in [-0.3, -0.25) is 14.9 Å². The third-order valence-corrected chi connectivity index (χ3v) is 5.50. The predicted molar refractivity (Wildman–Crippen MR) is 95.1 cm³/mol. The van der Waals surface area contributed by atoms with Gasteiger partial charge in [-0.25, -0.2) is 4.79 Å². The van der Waals surface area contributed by atoms with E-state index in [1.165, 1.54) is 18.6 Å². The summed E-state index contributed by atoms with van der Waals surface area (Å²) in [7, 11) is 0. The van der Waals surface area contributed by atoms with Crippen LogP contribution in [0.25, 0.3) is 0 Å². The molecule has 2 atom stereocenters. The number of nitrogens with zero attached hydrogens (tertiary/aromatic N) is 2. The lowest BCUT2D eigenvalue weighted by Gasteiger charge is -2.44. The number of fused-ring (bicyclic) bond motifs is 1. The first-order chi connectivity index (χ1) is 12.5. The third-order valence-electron chi connectivity index (χ3n) is 5.27. The maximum Gasteiger partial charge on any atom is 0.345 e. The molecule has 1 aliphatic carbocycles. The lowest BCUT2D eigenvalue weighted by Crippen LogP contribution is -2.50. The van der Waals surface area contributed by atoms with Crippen molar-refractivity contribution >= 4 is 29.2 Å². The van der Waals surface area contributed by atoms with Crippen molar-refractivity contribution in [3.05, 3.63) is 38.9 Å². The van der Waals surface area contributed by atoms with Crippen LogP contribution in [0.2, 0.25) is 5.02 Å². The van der Waals surface area contributed by atoms with E-state index in [-0.39, 0.29) is 22.5 Å². The molecule has 0 spiro atoms. The zero-order chi connectivity index (χ0) is 18.7. The first kappa shape index (κ1) is 18.6. The number of ether oxygens (including phenoxy) is 1. The second-order valence-electron chi connectivity index (χ2n) is 6.84. The standard InChI is InChI=1S/C18H21ClN2O5/c19-13-7-8-16(21(24)25)14(10-13)18(23)26-11-17(22)20-9-3-5-12-4-1-2-6-15(12)20/h7-8,10,12,15H,1-6,9,11H2/t12-,15+/m1/s1. The Kier molecular flexibility index (Phi) is 5.76. The Hall–Kier alpha value is -2.15. The summed E-state index contributed by atoms with van der Waals surface area (Å²) in [4.78, 5) is 37.0. The smallest absolute Gasteiger partial charge is 0.345 e. The number of hydrogen-bond acceptors (Lipinski definition) is 5. The van der Waals surface area contributed by atoms with Crippen LogP contribution in [0.15, 0.2) is 18.2 Å². The first-order valence-corrected chi connectivity index (χ1v) is 9.25. The highest BCUT2D eigenvalue weighted by Crippen LogP contribution is 2.35. The van der Waals surface area contributed by atoms with Gasteiger partial charge in [0.05, 0.1) is 4.92 Å². The molecule has 1 amide bonds. The van der Waals surface area contributed by atoms with Crippen molar-refractivity contribution in [3.63, 3.8) is 0 Å². The molecular formula is C18H21ClN2O5. The van der Waals surface area contributed by atoms with Crippen molar-refractivity contribution in [1.82, 2.24) is 4.90 Å². The number of hydrogen-bond donors (Lipinski definition) is 0. The molecular weight excluding hydrogens is 360 g/mol. The van der Waals surface area contributed by atoms with Crippen LogP contribution in [0.5, 0.6) is 0 Å². The molecule has 1 aliphatic heterocycles. The Morgan fingerprint density at radius 1 is 1.23 bits per heavy atom. The van der Waals surface area contributed by atoms with Crippen molar-refractivity contribution in [2.75, 3.05) is 13.2 Å². The van der Waals surface area contributed by atoms with Crippen LogP contribution >= 0.6 is 11.6 Å². The quantitative estimate of drug-likeness (QED) is 0.452. The van der Waals surface area contributed by atoms with E-state index in [2.05, 4.69) is 0 Å². The van der Waals surface area contributed by atoms with E-state index in [4.69, 9.17) is 16.3 Å². The average Bonchev–Trinajstić information content (AvgIpc) is 2.65. The Morgan fingerprint density at radius 2 is 1.96 bits per heavy atom.